The first-order valence-electron chi connectivity index (χ1n) is 10.1. The van der Waals surface area contributed by atoms with E-state index in [1.165, 1.54) is 11.8 Å². The molecular weight excluding hydrogens is 491 g/mol. The average Bonchev–Trinajstić information content (AvgIpc) is 3.15. The molecule has 0 aliphatic heterocycles. The highest BCUT2D eigenvalue weighted by atomic mass is 35.5. The lowest BCUT2D eigenvalue weighted by Gasteiger charge is -2.10. The summed E-state index contributed by atoms with van der Waals surface area (Å²) in [6.45, 7) is 5.14. The lowest BCUT2D eigenvalue weighted by Crippen LogP contribution is -2.15. The summed E-state index contributed by atoms with van der Waals surface area (Å²) in [5.41, 5.74) is 1.66. The van der Waals surface area contributed by atoms with Crippen molar-refractivity contribution in [2.75, 3.05) is 17.7 Å². The Kier molecular flexibility index (Phi) is 9.11. The van der Waals surface area contributed by atoms with Gasteiger partial charge in [-0.2, -0.15) is 0 Å². The summed E-state index contributed by atoms with van der Waals surface area (Å²) in [7, 11) is 0. The highest BCUT2D eigenvalue weighted by Gasteiger charge is 2.14. The number of hydrogen-bond donors (Lipinski definition) is 1. The van der Waals surface area contributed by atoms with Gasteiger partial charge in [-0.15, -0.1) is 10.2 Å². The fraction of sp³-hybridized carbons (Fsp3) is 0.318. The van der Waals surface area contributed by atoms with E-state index in [0.29, 0.717) is 51.2 Å². The summed E-state index contributed by atoms with van der Waals surface area (Å²) in [5, 5.41) is 13.8. The van der Waals surface area contributed by atoms with E-state index in [4.69, 9.17) is 39.5 Å². The maximum absolute atomic E-state index is 12.4. The number of halogens is 3. The Bertz CT molecular complexity index is 1090. The van der Waals surface area contributed by atoms with Gasteiger partial charge >= 0.3 is 0 Å². The third-order valence-corrected chi connectivity index (χ3v) is 6.34. The average molecular weight is 514 g/mol. The van der Waals surface area contributed by atoms with Crippen molar-refractivity contribution in [2.24, 2.45) is 0 Å². The highest BCUT2D eigenvalue weighted by Crippen LogP contribution is 2.28. The molecule has 32 heavy (non-hydrogen) atoms. The normalized spacial score (nSPS) is 10.9. The summed E-state index contributed by atoms with van der Waals surface area (Å²) in [6, 6.07) is 10.6. The van der Waals surface area contributed by atoms with Crippen LogP contribution in [0.3, 0.4) is 0 Å². The molecule has 6 nitrogen and oxygen atoms in total. The molecule has 0 saturated heterocycles. The van der Waals surface area contributed by atoms with E-state index >= 15 is 0 Å². The molecule has 0 atom stereocenters. The number of hydrogen-bond acceptors (Lipinski definition) is 5. The molecule has 0 saturated carbocycles. The molecule has 0 unspecified atom stereocenters. The Morgan fingerprint density at radius 3 is 2.62 bits per heavy atom. The van der Waals surface area contributed by atoms with Crippen molar-refractivity contribution < 1.29 is 9.53 Å². The van der Waals surface area contributed by atoms with E-state index in [9.17, 15) is 4.79 Å². The van der Waals surface area contributed by atoms with Gasteiger partial charge in [0.25, 0.3) is 0 Å². The van der Waals surface area contributed by atoms with Crippen LogP contribution in [0.4, 0.5) is 5.69 Å². The Morgan fingerprint density at radius 2 is 1.88 bits per heavy atom. The molecule has 1 N–H and O–H groups in total. The molecule has 3 rings (SSSR count). The van der Waals surface area contributed by atoms with Gasteiger partial charge in [0.1, 0.15) is 11.6 Å². The molecule has 0 aliphatic carbocycles. The number of rotatable bonds is 10. The quantitative estimate of drug-likeness (QED) is 0.254. The van der Waals surface area contributed by atoms with Crippen molar-refractivity contribution in [2.45, 2.75) is 38.4 Å². The van der Waals surface area contributed by atoms with Gasteiger partial charge in [-0.3, -0.25) is 4.79 Å². The van der Waals surface area contributed by atoms with Gasteiger partial charge in [-0.1, -0.05) is 52.6 Å². The minimum atomic E-state index is -0.124. The molecule has 1 aromatic heterocycles. The maximum atomic E-state index is 12.4. The zero-order chi connectivity index (χ0) is 23.1. The van der Waals surface area contributed by atoms with Crippen LogP contribution in [0, 0.1) is 6.92 Å². The van der Waals surface area contributed by atoms with Gasteiger partial charge in [0.05, 0.1) is 17.4 Å². The number of thioether (sulfide) groups is 1. The second-order valence-corrected chi connectivity index (χ2v) is 9.19. The van der Waals surface area contributed by atoms with Crippen molar-refractivity contribution in [1.29, 1.82) is 0 Å². The molecule has 0 spiro atoms. The van der Waals surface area contributed by atoms with Gasteiger partial charge in [-0.05, 0) is 56.2 Å². The maximum Gasteiger partial charge on any atom is 0.234 e. The molecular formula is C22H23Cl3N4O2S. The van der Waals surface area contributed by atoms with Crippen LogP contribution < -0.4 is 10.1 Å². The Balaban J connectivity index is 1.50. The lowest BCUT2D eigenvalue weighted by atomic mass is 10.2. The van der Waals surface area contributed by atoms with Crippen LogP contribution in [0.2, 0.25) is 15.1 Å². The number of ether oxygens (including phenoxy) is 1. The van der Waals surface area contributed by atoms with E-state index in [1.54, 1.807) is 30.3 Å². The van der Waals surface area contributed by atoms with Crippen molar-refractivity contribution in [3.8, 4) is 5.75 Å². The highest BCUT2D eigenvalue weighted by molar-refractivity contribution is 7.99. The molecule has 0 bridgehead atoms. The van der Waals surface area contributed by atoms with Crippen LogP contribution in [0.1, 0.15) is 24.7 Å². The summed E-state index contributed by atoms with van der Waals surface area (Å²) in [6.07, 6.45) is 1.44. The van der Waals surface area contributed by atoms with Crippen molar-refractivity contribution in [3.63, 3.8) is 0 Å². The third kappa shape index (κ3) is 6.78. The van der Waals surface area contributed by atoms with Crippen LogP contribution in [0.15, 0.2) is 41.6 Å². The molecule has 0 radical (unpaired) electrons. The number of aromatic nitrogens is 3. The standard InChI is InChI=1S/C22H23Cl3N4O2S/c1-3-29-20(5-4-10-31-19-9-8-15(23)11-17(19)25)27-28-22(29)32-13-21(30)26-18-12-16(24)7-6-14(18)2/h6-9,11-12H,3-5,10,13H2,1-2H3,(H,26,30). The first kappa shape index (κ1) is 24.7. The Labute approximate surface area is 206 Å². The Morgan fingerprint density at radius 1 is 1.12 bits per heavy atom. The van der Waals surface area contributed by atoms with E-state index in [0.717, 1.165) is 17.8 Å². The number of nitrogens with zero attached hydrogens (tertiary/aromatic N) is 3. The van der Waals surface area contributed by atoms with Gasteiger partial charge in [-0.25, -0.2) is 0 Å². The minimum absolute atomic E-state index is 0.124. The first-order valence-corrected chi connectivity index (χ1v) is 12.2. The fourth-order valence-electron chi connectivity index (χ4n) is 2.98. The number of nitrogens with one attached hydrogen (secondary N) is 1. The fourth-order valence-corrected chi connectivity index (χ4v) is 4.43. The van der Waals surface area contributed by atoms with Gasteiger partial charge in [0, 0.05) is 28.7 Å². The van der Waals surface area contributed by atoms with Crippen molar-refractivity contribution in [1.82, 2.24) is 14.8 Å². The third-order valence-electron chi connectivity index (χ3n) is 4.61. The van der Waals surface area contributed by atoms with Crippen molar-refractivity contribution in [3.05, 3.63) is 62.9 Å². The molecule has 2 aromatic carbocycles. The molecule has 1 heterocycles. The Hall–Kier alpha value is -1.93. The zero-order valence-corrected chi connectivity index (χ0v) is 20.8. The van der Waals surface area contributed by atoms with E-state index in [-0.39, 0.29) is 11.7 Å². The zero-order valence-electron chi connectivity index (χ0n) is 17.7. The molecule has 0 aliphatic rings. The van der Waals surface area contributed by atoms with E-state index in [1.807, 2.05) is 24.5 Å². The molecule has 10 heteroatoms. The number of carbonyl (C=O) groups is 1. The summed E-state index contributed by atoms with van der Waals surface area (Å²) < 4.78 is 7.74. The monoisotopic (exact) mass is 512 g/mol. The van der Waals surface area contributed by atoms with Gasteiger partial charge < -0.3 is 14.6 Å². The van der Waals surface area contributed by atoms with Crippen LogP contribution in [-0.2, 0) is 17.8 Å². The van der Waals surface area contributed by atoms with Gasteiger partial charge in [0.2, 0.25) is 5.91 Å². The largest absolute Gasteiger partial charge is 0.492 e. The molecule has 1 amide bonds. The number of aryl methyl sites for hydroxylation is 2. The predicted molar refractivity (Wildman–Crippen MR) is 132 cm³/mol. The summed E-state index contributed by atoms with van der Waals surface area (Å²) >= 11 is 19.4. The summed E-state index contributed by atoms with van der Waals surface area (Å²) in [5.74, 6) is 1.56. The molecule has 0 fully saturated rings. The second-order valence-electron chi connectivity index (χ2n) is 6.97. The van der Waals surface area contributed by atoms with Crippen LogP contribution >= 0.6 is 46.6 Å². The number of anilines is 1. The topological polar surface area (TPSA) is 69.0 Å². The first-order chi connectivity index (χ1) is 15.4. The van der Waals surface area contributed by atoms with Crippen LogP contribution in [-0.4, -0.2) is 33.0 Å². The van der Waals surface area contributed by atoms with Gasteiger partial charge in [0.15, 0.2) is 5.16 Å². The van der Waals surface area contributed by atoms with E-state index in [2.05, 4.69) is 15.5 Å². The minimum Gasteiger partial charge on any atom is -0.492 e. The number of carbonyl (C=O) groups excluding carboxylic acids is 1. The summed E-state index contributed by atoms with van der Waals surface area (Å²) in [4.78, 5) is 12.4. The SMILES string of the molecule is CCn1c(CCCOc2ccc(Cl)cc2Cl)nnc1SCC(=O)Nc1cc(Cl)ccc1C. The van der Waals surface area contributed by atoms with Crippen LogP contribution in [0.5, 0.6) is 5.75 Å². The van der Waals surface area contributed by atoms with Crippen molar-refractivity contribution >= 4 is 58.2 Å². The molecule has 3 aromatic rings. The van der Waals surface area contributed by atoms with Crippen LogP contribution in [0.25, 0.3) is 0 Å². The molecule has 170 valence electrons. The van der Waals surface area contributed by atoms with E-state index < -0.39 is 0 Å². The predicted octanol–water partition coefficient (Wildman–Crippen LogP) is 6.31. The number of amides is 1. The second kappa shape index (κ2) is 11.8. The smallest absolute Gasteiger partial charge is 0.234 e. The number of benzene rings is 2. The lowest BCUT2D eigenvalue weighted by molar-refractivity contribution is -0.113.